The van der Waals surface area contributed by atoms with E-state index in [2.05, 4.69) is 9.97 Å². The second kappa shape index (κ2) is 3.39. The van der Waals surface area contributed by atoms with Crippen LogP contribution in [-0.4, -0.2) is 19.8 Å². The molecule has 0 saturated heterocycles. The third-order valence-electron chi connectivity index (χ3n) is 2.70. The van der Waals surface area contributed by atoms with E-state index in [-0.39, 0.29) is 5.75 Å². The van der Waals surface area contributed by atoms with Crippen LogP contribution in [-0.2, 0) is 0 Å². The third kappa shape index (κ3) is 1.50. The Morgan fingerprint density at radius 3 is 2.88 bits per heavy atom. The number of aromatic hydroxyl groups is 1. The highest BCUT2D eigenvalue weighted by Crippen LogP contribution is 2.29. The van der Waals surface area contributed by atoms with Gasteiger partial charge in [0.15, 0.2) is 4.77 Å². The topological polar surface area (TPSA) is 82.8 Å². The van der Waals surface area contributed by atoms with Crippen LogP contribution in [0, 0.1) is 4.77 Å². The van der Waals surface area contributed by atoms with E-state index in [9.17, 15) is 5.11 Å². The summed E-state index contributed by atoms with van der Waals surface area (Å²) in [7, 11) is 0. The van der Waals surface area contributed by atoms with Crippen molar-refractivity contribution in [3.63, 3.8) is 0 Å². The van der Waals surface area contributed by atoms with Gasteiger partial charge in [-0.05, 0) is 30.4 Å². The Hall–Kier alpha value is -2.21. The first kappa shape index (κ1) is 9.98. The van der Waals surface area contributed by atoms with Crippen LogP contribution in [0.1, 0.15) is 0 Å². The maximum atomic E-state index is 9.51. The van der Waals surface area contributed by atoms with Crippen molar-refractivity contribution in [1.82, 2.24) is 14.6 Å². The fourth-order valence-electron chi connectivity index (χ4n) is 1.88. The first-order chi connectivity index (χ1) is 8.15. The van der Waals surface area contributed by atoms with Gasteiger partial charge >= 0.3 is 0 Å². The number of aromatic nitrogens is 3. The molecule has 0 atom stereocenters. The molecule has 0 radical (unpaired) electrons. The molecular formula is C11H10N4OS. The first-order valence-corrected chi connectivity index (χ1v) is 5.43. The van der Waals surface area contributed by atoms with Crippen molar-refractivity contribution in [2.75, 3.05) is 5.84 Å². The van der Waals surface area contributed by atoms with Gasteiger partial charge in [-0.25, -0.2) is 4.68 Å². The van der Waals surface area contributed by atoms with Gasteiger partial charge in [-0.1, -0.05) is 0 Å². The van der Waals surface area contributed by atoms with Crippen LogP contribution in [0.15, 0.2) is 30.6 Å². The van der Waals surface area contributed by atoms with E-state index >= 15 is 0 Å². The molecule has 3 aromatic rings. The van der Waals surface area contributed by atoms with Crippen LogP contribution >= 0.6 is 12.2 Å². The summed E-state index contributed by atoms with van der Waals surface area (Å²) in [6.45, 7) is 0. The quantitative estimate of drug-likeness (QED) is 0.392. The smallest absolute Gasteiger partial charge is 0.196 e. The van der Waals surface area contributed by atoms with E-state index in [1.54, 1.807) is 18.3 Å². The lowest BCUT2D eigenvalue weighted by molar-refractivity contribution is 0.476. The van der Waals surface area contributed by atoms with Crippen LogP contribution in [0.25, 0.3) is 22.2 Å². The van der Waals surface area contributed by atoms with Gasteiger partial charge in [0.1, 0.15) is 5.75 Å². The molecule has 2 aromatic heterocycles. The van der Waals surface area contributed by atoms with Crippen molar-refractivity contribution in [2.45, 2.75) is 0 Å². The maximum absolute atomic E-state index is 9.51. The number of nitrogens with two attached hydrogens (primary N) is 1. The normalized spacial score (nSPS) is 11.1. The molecule has 0 bridgehead atoms. The molecule has 2 heterocycles. The fourth-order valence-corrected chi connectivity index (χ4v) is 2.04. The predicted octanol–water partition coefficient (Wildman–Crippen LogP) is 2.11. The minimum atomic E-state index is 0.226. The second-order valence-electron chi connectivity index (χ2n) is 3.81. The summed E-state index contributed by atoms with van der Waals surface area (Å²) >= 11 is 5.02. The Kier molecular flexibility index (Phi) is 1.99. The molecule has 0 amide bonds. The zero-order chi connectivity index (χ0) is 12.0. The summed E-state index contributed by atoms with van der Waals surface area (Å²) in [5, 5.41) is 10.4. The highest BCUT2D eigenvalue weighted by molar-refractivity contribution is 7.71. The molecule has 0 aliphatic carbocycles. The van der Waals surface area contributed by atoms with Crippen LogP contribution in [0.2, 0.25) is 0 Å². The van der Waals surface area contributed by atoms with E-state index in [1.807, 2.05) is 12.3 Å². The third-order valence-corrected chi connectivity index (χ3v) is 3.01. The van der Waals surface area contributed by atoms with Crippen LogP contribution < -0.4 is 5.84 Å². The summed E-state index contributed by atoms with van der Waals surface area (Å²) in [6, 6.07) is 5.16. The Morgan fingerprint density at radius 2 is 2.18 bits per heavy atom. The Balaban J connectivity index is 2.30. The van der Waals surface area contributed by atoms with E-state index in [4.69, 9.17) is 18.1 Å². The molecule has 0 aliphatic rings. The summed E-state index contributed by atoms with van der Waals surface area (Å²) in [6.07, 6.45) is 3.57. The van der Waals surface area contributed by atoms with Crippen LogP contribution in [0.4, 0.5) is 0 Å². The number of nitrogens with zero attached hydrogens (tertiary/aromatic N) is 1. The monoisotopic (exact) mass is 246 g/mol. The molecule has 3 rings (SSSR count). The number of nitrogen functional groups attached to an aromatic ring is 1. The number of nitrogens with one attached hydrogen (secondary N) is 2. The molecule has 5 N–H and O–H groups in total. The molecule has 0 spiro atoms. The van der Waals surface area contributed by atoms with Gasteiger partial charge in [-0.3, -0.25) is 0 Å². The first-order valence-electron chi connectivity index (χ1n) is 5.02. The van der Waals surface area contributed by atoms with Crippen molar-refractivity contribution in [3.05, 3.63) is 35.4 Å². The number of phenols is 1. The molecule has 17 heavy (non-hydrogen) atoms. The minimum absolute atomic E-state index is 0.226. The minimum Gasteiger partial charge on any atom is -0.508 e. The lowest BCUT2D eigenvalue weighted by Gasteiger charge is -1.96. The second-order valence-corrected chi connectivity index (χ2v) is 4.20. The molecule has 0 fully saturated rings. The van der Waals surface area contributed by atoms with E-state index in [0.29, 0.717) is 4.77 Å². The number of imidazole rings is 1. The van der Waals surface area contributed by atoms with Crippen molar-refractivity contribution in [1.29, 1.82) is 0 Å². The summed E-state index contributed by atoms with van der Waals surface area (Å²) < 4.78 is 1.81. The van der Waals surface area contributed by atoms with Crippen LogP contribution in [0.3, 0.4) is 0 Å². The predicted molar refractivity (Wildman–Crippen MR) is 68.7 cm³/mol. The number of phenolic OH excluding ortho intramolecular Hbond substituents is 1. The standard InChI is InChI=1S/C11H10N4OS/c12-15-5-10(14-11(15)17)8-4-13-9-2-1-6(16)3-7(8)9/h1-5,13,16H,12H2,(H,14,17). The van der Waals surface area contributed by atoms with Gasteiger partial charge in [0.2, 0.25) is 0 Å². The molecule has 6 heteroatoms. The Bertz CT molecular complexity index is 752. The number of benzene rings is 1. The molecule has 1 aromatic carbocycles. The van der Waals surface area contributed by atoms with E-state index in [0.717, 1.165) is 22.2 Å². The number of aromatic amines is 2. The van der Waals surface area contributed by atoms with Crippen LogP contribution in [0.5, 0.6) is 5.75 Å². The molecule has 0 saturated carbocycles. The van der Waals surface area contributed by atoms with Crippen molar-refractivity contribution in [2.24, 2.45) is 0 Å². The zero-order valence-corrected chi connectivity index (χ0v) is 9.58. The van der Waals surface area contributed by atoms with E-state index in [1.165, 1.54) is 4.68 Å². The van der Waals surface area contributed by atoms with Gasteiger partial charge in [0.05, 0.1) is 11.9 Å². The molecule has 0 aliphatic heterocycles. The van der Waals surface area contributed by atoms with Gasteiger partial charge < -0.3 is 20.9 Å². The maximum Gasteiger partial charge on any atom is 0.196 e. The number of H-pyrrole nitrogens is 2. The number of hydrogen-bond donors (Lipinski definition) is 4. The Morgan fingerprint density at radius 1 is 1.35 bits per heavy atom. The highest BCUT2D eigenvalue weighted by Gasteiger charge is 2.08. The largest absolute Gasteiger partial charge is 0.508 e. The SMILES string of the molecule is Nn1cc(-c2c[nH]c3ccc(O)cc23)[nH]c1=S. The van der Waals surface area contributed by atoms with Gasteiger partial charge in [-0.15, -0.1) is 0 Å². The average molecular weight is 246 g/mol. The molecule has 86 valence electrons. The summed E-state index contributed by atoms with van der Waals surface area (Å²) in [5.41, 5.74) is 2.68. The molecule has 0 unspecified atom stereocenters. The number of rotatable bonds is 1. The highest BCUT2D eigenvalue weighted by atomic mass is 32.1. The molecule has 5 nitrogen and oxygen atoms in total. The summed E-state index contributed by atoms with van der Waals surface area (Å²) in [5.74, 6) is 5.87. The summed E-state index contributed by atoms with van der Waals surface area (Å²) in [4.78, 5) is 6.14. The van der Waals surface area contributed by atoms with Gasteiger partial charge in [0.25, 0.3) is 0 Å². The lowest BCUT2D eigenvalue weighted by atomic mass is 10.1. The van der Waals surface area contributed by atoms with Crippen molar-refractivity contribution >= 4 is 23.1 Å². The Labute approximate surface area is 101 Å². The lowest BCUT2D eigenvalue weighted by Crippen LogP contribution is -2.05. The molecular weight excluding hydrogens is 236 g/mol. The van der Waals surface area contributed by atoms with Crippen molar-refractivity contribution in [3.8, 4) is 17.0 Å². The number of fused-ring (bicyclic) bond motifs is 1. The van der Waals surface area contributed by atoms with Crippen molar-refractivity contribution < 1.29 is 5.11 Å². The average Bonchev–Trinajstić information content (AvgIpc) is 2.83. The number of hydrogen-bond acceptors (Lipinski definition) is 3. The van der Waals surface area contributed by atoms with Gasteiger partial charge in [-0.2, -0.15) is 0 Å². The zero-order valence-electron chi connectivity index (χ0n) is 8.77. The van der Waals surface area contributed by atoms with Gasteiger partial charge in [0, 0.05) is 22.7 Å². The van der Waals surface area contributed by atoms with E-state index < -0.39 is 0 Å². The fraction of sp³-hybridized carbons (Fsp3) is 0.